The second kappa shape index (κ2) is 9.06. The number of para-hydroxylation sites is 1. The number of benzene rings is 3. The van der Waals surface area contributed by atoms with Crippen molar-refractivity contribution in [3.8, 4) is 17.1 Å². The van der Waals surface area contributed by atoms with Crippen LogP contribution in [-0.2, 0) is 13.5 Å². The van der Waals surface area contributed by atoms with Crippen molar-refractivity contribution >= 4 is 22.3 Å². The maximum atomic E-state index is 15.2. The number of nitrogens with one attached hydrogen (secondary N) is 1. The number of aryl methyl sites for hydroxylation is 2. The van der Waals surface area contributed by atoms with Crippen molar-refractivity contribution < 1.29 is 9.50 Å². The fraction of sp³-hybridized carbons (Fsp3) is 0.148. The molecule has 0 aliphatic rings. The number of rotatable bonds is 6. The summed E-state index contributed by atoms with van der Waals surface area (Å²) in [6.07, 6.45) is 2.43. The fourth-order valence-corrected chi connectivity index (χ4v) is 4.20. The molecule has 0 saturated heterocycles. The van der Waals surface area contributed by atoms with Gasteiger partial charge in [0.05, 0.1) is 5.56 Å². The van der Waals surface area contributed by atoms with Crippen molar-refractivity contribution in [3.63, 3.8) is 0 Å². The molecule has 0 saturated carbocycles. The Bertz CT molecular complexity index is 1530. The normalized spacial score (nSPS) is 12.1. The molecule has 2 aromatic heterocycles. The Labute approximate surface area is 202 Å². The lowest BCUT2D eigenvalue weighted by Crippen LogP contribution is -2.19. The number of hydrogen-bond donors (Lipinski definition) is 3. The summed E-state index contributed by atoms with van der Waals surface area (Å²) in [7, 11) is 1.76. The van der Waals surface area contributed by atoms with Crippen LogP contribution >= 0.6 is 0 Å². The summed E-state index contributed by atoms with van der Waals surface area (Å²) in [5, 5.41) is 20.0. The third-order valence-electron chi connectivity index (χ3n) is 6.09. The molecule has 0 aliphatic heterocycles. The molecule has 8 heteroatoms. The summed E-state index contributed by atoms with van der Waals surface area (Å²) in [5.74, 6) is 1.05. The lowest BCUT2D eigenvalue weighted by molar-refractivity contribution is 0.477. The highest BCUT2D eigenvalue weighted by Gasteiger charge is 2.25. The summed E-state index contributed by atoms with van der Waals surface area (Å²) < 4.78 is 16.8. The van der Waals surface area contributed by atoms with E-state index >= 15 is 4.39 Å². The number of phenolic OH excluding ortho intramolecular Hbond substituents is 1. The number of phenols is 1. The van der Waals surface area contributed by atoms with E-state index in [1.54, 1.807) is 48.3 Å². The Balaban J connectivity index is 1.64. The first-order chi connectivity index (χ1) is 16.9. The molecule has 176 valence electrons. The van der Waals surface area contributed by atoms with E-state index in [4.69, 9.17) is 10.7 Å². The molecule has 5 rings (SSSR count). The molecule has 0 radical (unpaired) electrons. The molecule has 1 atom stereocenters. The number of nitrogens with two attached hydrogens (primary N) is 1. The highest BCUT2D eigenvalue weighted by Crippen LogP contribution is 2.33. The zero-order chi connectivity index (χ0) is 24.5. The van der Waals surface area contributed by atoms with Crippen molar-refractivity contribution in [3.05, 3.63) is 95.7 Å². The Morgan fingerprint density at radius 3 is 2.71 bits per heavy atom. The summed E-state index contributed by atoms with van der Waals surface area (Å²) in [6, 6.07) is 18.9. The summed E-state index contributed by atoms with van der Waals surface area (Å²) in [6.45, 7) is 2.03. The van der Waals surface area contributed by atoms with Gasteiger partial charge in [0.1, 0.15) is 23.4 Å². The maximum absolute atomic E-state index is 15.2. The topological polar surface area (TPSA) is 102 Å². The number of halogens is 1. The van der Waals surface area contributed by atoms with Crippen LogP contribution in [0.4, 0.5) is 15.9 Å². The highest BCUT2D eigenvalue weighted by molar-refractivity contribution is 5.92. The molecule has 5 aromatic rings. The quantitative estimate of drug-likeness (QED) is 0.316. The first-order valence-electron chi connectivity index (χ1n) is 11.3. The number of pyridine rings is 1. The number of fused-ring (bicyclic) bond motifs is 1. The molecule has 7 nitrogen and oxygen atoms in total. The van der Waals surface area contributed by atoms with Gasteiger partial charge in [0.2, 0.25) is 0 Å². The number of hydrogen-bond acceptors (Lipinski definition) is 6. The Morgan fingerprint density at radius 1 is 1.09 bits per heavy atom. The van der Waals surface area contributed by atoms with Gasteiger partial charge in [-0.2, -0.15) is 5.10 Å². The zero-order valence-corrected chi connectivity index (χ0v) is 19.4. The van der Waals surface area contributed by atoms with E-state index in [-0.39, 0.29) is 11.6 Å². The minimum absolute atomic E-state index is 0.0778. The van der Waals surface area contributed by atoms with Crippen LogP contribution in [0.2, 0.25) is 0 Å². The van der Waals surface area contributed by atoms with Gasteiger partial charge in [-0.25, -0.2) is 14.4 Å². The van der Waals surface area contributed by atoms with Gasteiger partial charge in [-0.3, -0.25) is 4.68 Å². The number of nitrogens with zero attached hydrogens (tertiary/aromatic N) is 4. The van der Waals surface area contributed by atoms with E-state index in [0.717, 1.165) is 28.4 Å². The SMILES string of the molecule is CCc1ccc(F)c(C(Nc2ccc3c(N)nccc3c2)c2nc(-c3ccccc3O)nn2C)c1. The standard InChI is InChI=1S/C27H25FN6O/c1-3-16-8-11-22(28)21(14-16)24(31-18-9-10-19-17(15-18)12-13-30-25(19)29)27-32-26(33-34(27)2)20-6-4-5-7-23(20)35/h4-15,24,31,35H,3H2,1-2H3,(H2,29,30). The Hall–Kier alpha value is -4.46. The second-order valence-corrected chi connectivity index (χ2v) is 8.35. The van der Waals surface area contributed by atoms with Crippen LogP contribution in [0.1, 0.15) is 29.9 Å². The van der Waals surface area contributed by atoms with Crippen LogP contribution in [0.3, 0.4) is 0 Å². The van der Waals surface area contributed by atoms with Gasteiger partial charge >= 0.3 is 0 Å². The number of anilines is 2. The van der Waals surface area contributed by atoms with Crippen molar-refractivity contribution in [1.29, 1.82) is 0 Å². The molecular formula is C27H25FN6O. The Morgan fingerprint density at radius 2 is 1.91 bits per heavy atom. The van der Waals surface area contributed by atoms with Crippen LogP contribution in [0.5, 0.6) is 5.75 Å². The molecule has 35 heavy (non-hydrogen) atoms. The van der Waals surface area contributed by atoms with Crippen LogP contribution in [-0.4, -0.2) is 24.9 Å². The van der Waals surface area contributed by atoms with Crippen molar-refractivity contribution in [2.75, 3.05) is 11.1 Å². The van der Waals surface area contributed by atoms with E-state index in [2.05, 4.69) is 15.4 Å². The molecular weight excluding hydrogens is 443 g/mol. The molecule has 3 aromatic carbocycles. The van der Waals surface area contributed by atoms with E-state index in [9.17, 15) is 5.11 Å². The maximum Gasteiger partial charge on any atom is 0.185 e. The van der Waals surface area contributed by atoms with Gasteiger partial charge in [-0.1, -0.05) is 31.2 Å². The highest BCUT2D eigenvalue weighted by atomic mass is 19.1. The first kappa shape index (κ1) is 22.3. The third kappa shape index (κ3) is 4.26. The number of aromatic nitrogens is 4. The summed E-state index contributed by atoms with van der Waals surface area (Å²) in [4.78, 5) is 8.86. The van der Waals surface area contributed by atoms with E-state index < -0.39 is 6.04 Å². The van der Waals surface area contributed by atoms with Gasteiger partial charge in [-0.05, 0) is 59.8 Å². The third-order valence-corrected chi connectivity index (χ3v) is 6.09. The predicted octanol–water partition coefficient (Wildman–Crippen LogP) is 5.22. The van der Waals surface area contributed by atoms with Gasteiger partial charge in [0, 0.05) is 29.9 Å². The van der Waals surface area contributed by atoms with Crippen molar-refractivity contribution in [1.82, 2.24) is 19.7 Å². The molecule has 0 aliphatic carbocycles. The zero-order valence-electron chi connectivity index (χ0n) is 19.4. The van der Waals surface area contributed by atoms with E-state index in [0.29, 0.717) is 28.6 Å². The van der Waals surface area contributed by atoms with Crippen LogP contribution in [0.25, 0.3) is 22.2 Å². The monoisotopic (exact) mass is 468 g/mol. The molecule has 0 spiro atoms. The minimum Gasteiger partial charge on any atom is -0.507 e. The average molecular weight is 469 g/mol. The van der Waals surface area contributed by atoms with Crippen LogP contribution in [0, 0.1) is 5.82 Å². The average Bonchev–Trinajstić information content (AvgIpc) is 3.24. The fourth-order valence-electron chi connectivity index (χ4n) is 4.20. The van der Waals surface area contributed by atoms with Gasteiger partial charge in [0.15, 0.2) is 11.6 Å². The predicted molar refractivity (Wildman–Crippen MR) is 136 cm³/mol. The molecule has 2 heterocycles. The van der Waals surface area contributed by atoms with Gasteiger partial charge < -0.3 is 16.2 Å². The first-order valence-corrected chi connectivity index (χ1v) is 11.3. The van der Waals surface area contributed by atoms with Gasteiger partial charge in [0.25, 0.3) is 0 Å². The summed E-state index contributed by atoms with van der Waals surface area (Å²) in [5.41, 5.74) is 8.74. The number of nitrogen functional groups attached to an aromatic ring is 1. The lowest BCUT2D eigenvalue weighted by Gasteiger charge is -2.21. The molecule has 0 fully saturated rings. The smallest absolute Gasteiger partial charge is 0.185 e. The van der Waals surface area contributed by atoms with Gasteiger partial charge in [-0.15, -0.1) is 0 Å². The molecule has 1 unspecified atom stereocenters. The minimum atomic E-state index is -0.643. The van der Waals surface area contributed by atoms with Crippen molar-refractivity contribution in [2.24, 2.45) is 7.05 Å². The van der Waals surface area contributed by atoms with E-state index in [1.165, 1.54) is 6.07 Å². The van der Waals surface area contributed by atoms with E-state index in [1.807, 2.05) is 37.3 Å². The molecule has 0 amide bonds. The Kier molecular flexibility index (Phi) is 5.78. The second-order valence-electron chi connectivity index (χ2n) is 8.35. The summed E-state index contributed by atoms with van der Waals surface area (Å²) >= 11 is 0. The molecule has 4 N–H and O–H groups in total. The van der Waals surface area contributed by atoms with Crippen LogP contribution < -0.4 is 11.1 Å². The largest absolute Gasteiger partial charge is 0.507 e. The van der Waals surface area contributed by atoms with Crippen molar-refractivity contribution in [2.45, 2.75) is 19.4 Å². The molecule has 0 bridgehead atoms. The van der Waals surface area contributed by atoms with Crippen LogP contribution in [0.15, 0.2) is 72.9 Å². The lowest BCUT2D eigenvalue weighted by atomic mass is 10.0. The number of aromatic hydroxyl groups is 1.